The smallest absolute Gasteiger partial charge is 0.0794 e. The van der Waals surface area contributed by atoms with Crippen molar-refractivity contribution in [2.75, 3.05) is 6.54 Å². The maximum atomic E-state index is 4.14. The van der Waals surface area contributed by atoms with Crippen LogP contribution in [0.15, 0.2) is 11.7 Å². The SMILES string of the molecule is CCCNC(c1cncs1)C1CC1. The van der Waals surface area contributed by atoms with Crippen LogP contribution in [-0.4, -0.2) is 11.5 Å². The summed E-state index contributed by atoms with van der Waals surface area (Å²) < 4.78 is 0. The second-order valence-corrected chi connectivity index (χ2v) is 4.59. The molecule has 13 heavy (non-hydrogen) atoms. The Kier molecular flexibility index (Phi) is 2.96. The molecule has 0 amide bonds. The minimum absolute atomic E-state index is 0.590. The van der Waals surface area contributed by atoms with Crippen LogP contribution >= 0.6 is 11.3 Å². The number of nitrogens with zero attached hydrogens (tertiary/aromatic N) is 1. The van der Waals surface area contributed by atoms with E-state index in [0.29, 0.717) is 6.04 Å². The third-order valence-electron chi connectivity index (χ3n) is 2.47. The Balaban J connectivity index is 1.97. The van der Waals surface area contributed by atoms with Crippen molar-refractivity contribution >= 4 is 11.3 Å². The van der Waals surface area contributed by atoms with E-state index in [2.05, 4.69) is 17.2 Å². The van der Waals surface area contributed by atoms with Crippen molar-refractivity contribution < 1.29 is 0 Å². The van der Waals surface area contributed by atoms with Crippen molar-refractivity contribution in [3.63, 3.8) is 0 Å². The number of hydrogen-bond acceptors (Lipinski definition) is 3. The minimum atomic E-state index is 0.590. The molecule has 1 unspecified atom stereocenters. The molecule has 0 spiro atoms. The molecule has 2 nitrogen and oxygen atoms in total. The number of nitrogens with one attached hydrogen (secondary N) is 1. The lowest BCUT2D eigenvalue weighted by Crippen LogP contribution is -2.22. The van der Waals surface area contributed by atoms with Crippen LogP contribution in [-0.2, 0) is 0 Å². The molecule has 72 valence electrons. The van der Waals surface area contributed by atoms with Crippen molar-refractivity contribution in [2.24, 2.45) is 5.92 Å². The van der Waals surface area contributed by atoms with Gasteiger partial charge in [-0.05, 0) is 31.7 Å². The number of aromatic nitrogens is 1. The number of thiazole rings is 1. The van der Waals surface area contributed by atoms with Gasteiger partial charge in [0.15, 0.2) is 0 Å². The third kappa shape index (κ3) is 2.29. The number of hydrogen-bond donors (Lipinski definition) is 1. The summed E-state index contributed by atoms with van der Waals surface area (Å²) in [5, 5.41) is 3.60. The van der Waals surface area contributed by atoms with E-state index in [-0.39, 0.29) is 0 Å². The molecule has 1 aliphatic carbocycles. The molecule has 0 saturated heterocycles. The maximum Gasteiger partial charge on any atom is 0.0794 e. The molecule has 1 fully saturated rings. The molecule has 1 atom stereocenters. The van der Waals surface area contributed by atoms with E-state index in [9.17, 15) is 0 Å². The molecular weight excluding hydrogens is 180 g/mol. The van der Waals surface area contributed by atoms with Gasteiger partial charge in [-0.3, -0.25) is 4.98 Å². The Morgan fingerprint density at radius 3 is 3.08 bits per heavy atom. The fourth-order valence-electron chi connectivity index (χ4n) is 1.61. The molecule has 1 aromatic heterocycles. The van der Waals surface area contributed by atoms with Crippen molar-refractivity contribution in [1.82, 2.24) is 10.3 Å². The minimum Gasteiger partial charge on any atom is -0.309 e. The summed E-state index contributed by atoms with van der Waals surface area (Å²) in [6.45, 7) is 3.34. The van der Waals surface area contributed by atoms with E-state index < -0.39 is 0 Å². The molecular formula is C10H16N2S. The molecule has 3 heteroatoms. The van der Waals surface area contributed by atoms with Crippen molar-refractivity contribution in [2.45, 2.75) is 32.2 Å². The van der Waals surface area contributed by atoms with Crippen LogP contribution in [0.4, 0.5) is 0 Å². The van der Waals surface area contributed by atoms with Crippen molar-refractivity contribution in [1.29, 1.82) is 0 Å². The quantitative estimate of drug-likeness (QED) is 0.783. The third-order valence-corrected chi connectivity index (χ3v) is 3.32. The maximum absolute atomic E-state index is 4.14. The highest BCUT2D eigenvalue weighted by Crippen LogP contribution is 2.41. The van der Waals surface area contributed by atoms with E-state index in [1.807, 2.05) is 11.7 Å². The van der Waals surface area contributed by atoms with Gasteiger partial charge < -0.3 is 5.32 Å². The Bertz CT molecular complexity index is 241. The summed E-state index contributed by atoms with van der Waals surface area (Å²) in [5.74, 6) is 0.881. The van der Waals surface area contributed by atoms with Crippen LogP contribution in [0.2, 0.25) is 0 Å². The first-order valence-corrected chi connectivity index (χ1v) is 5.91. The standard InChI is InChI=1S/C10H16N2S/c1-2-5-12-10(8-3-4-8)9-6-11-7-13-9/h6-8,10,12H,2-5H2,1H3. The van der Waals surface area contributed by atoms with Gasteiger partial charge in [0.05, 0.1) is 5.51 Å². The van der Waals surface area contributed by atoms with Gasteiger partial charge in [0.2, 0.25) is 0 Å². The molecule has 1 N–H and O–H groups in total. The molecule has 0 bridgehead atoms. The summed E-state index contributed by atoms with van der Waals surface area (Å²) in [7, 11) is 0. The highest BCUT2D eigenvalue weighted by atomic mass is 32.1. The zero-order chi connectivity index (χ0) is 9.10. The average Bonchev–Trinajstić information content (AvgIpc) is 2.82. The fourth-order valence-corrected chi connectivity index (χ4v) is 2.40. The van der Waals surface area contributed by atoms with Crippen molar-refractivity contribution in [3.8, 4) is 0 Å². The molecule has 1 saturated carbocycles. The summed E-state index contributed by atoms with van der Waals surface area (Å²) in [6, 6.07) is 0.590. The molecule has 1 aromatic rings. The first kappa shape index (κ1) is 9.16. The normalized spacial score (nSPS) is 18.8. The van der Waals surface area contributed by atoms with Gasteiger partial charge in [-0.25, -0.2) is 0 Å². The van der Waals surface area contributed by atoms with Crippen LogP contribution in [0.3, 0.4) is 0 Å². The fraction of sp³-hybridized carbons (Fsp3) is 0.700. The first-order valence-electron chi connectivity index (χ1n) is 5.03. The van der Waals surface area contributed by atoms with E-state index in [1.54, 1.807) is 11.3 Å². The van der Waals surface area contributed by atoms with Crippen molar-refractivity contribution in [3.05, 3.63) is 16.6 Å². The second kappa shape index (κ2) is 4.20. The lowest BCUT2D eigenvalue weighted by molar-refractivity contribution is 0.487. The highest BCUT2D eigenvalue weighted by molar-refractivity contribution is 7.09. The Morgan fingerprint density at radius 2 is 2.54 bits per heavy atom. The largest absolute Gasteiger partial charge is 0.309 e. The lowest BCUT2D eigenvalue weighted by Gasteiger charge is -2.15. The van der Waals surface area contributed by atoms with Gasteiger partial charge in [0.25, 0.3) is 0 Å². The van der Waals surface area contributed by atoms with E-state index in [0.717, 1.165) is 12.5 Å². The highest BCUT2D eigenvalue weighted by Gasteiger charge is 2.32. The lowest BCUT2D eigenvalue weighted by atomic mass is 10.1. The van der Waals surface area contributed by atoms with Gasteiger partial charge in [-0.15, -0.1) is 11.3 Å². The van der Waals surface area contributed by atoms with Crippen LogP contribution in [0, 0.1) is 5.92 Å². The van der Waals surface area contributed by atoms with Crippen LogP contribution in [0.25, 0.3) is 0 Å². The molecule has 1 heterocycles. The summed E-state index contributed by atoms with van der Waals surface area (Å²) in [5.41, 5.74) is 1.93. The predicted octanol–water partition coefficient (Wildman–Crippen LogP) is 2.59. The van der Waals surface area contributed by atoms with Gasteiger partial charge in [0, 0.05) is 17.1 Å². The second-order valence-electron chi connectivity index (χ2n) is 3.67. The van der Waals surface area contributed by atoms with Crippen LogP contribution in [0.5, 0.6) is 0 Å². The number of rotatable bonds is 5. The van der Waals surface area contributed by atoms with E-state index in [4.69, 9.17) is 0 Å². The Morgan fingerprint density at radius 1 is 1.69 bits per heavy atom. The monoisotopic (exact) mass is 196 g/mol. The molecule has 0 radical (unpaired) electrons. The van der Waals surface area contributed by atoms with Gasteiger partial charge in [-0.2, -0.15) is 0 Å². The summed E-state index contributed by atoms with van der Waals surface area (Å²) in [6.07, 6.45) is 6.00. The van der Waals surface area contributed by atoms with Gasteiger partial charge >= 0.3 is 0 Å². The zero-order valence-electron chi connectivity index (χ0n) is 7.99. The van der Waals surface area contributed by atoms with Crippen LogP contribution in [0.1, 0.15) is 37.1 Å². The van der Waals surface area contributed by atoms with Gasteiger partial charge in [0.1, 0.15) is 0 Å². The zero-order valence-corrected chi connectivity index (χ0v) is 8.81. The molecule has 2 rings (SSSR count). The molecule has 0 aromatic carbocycles. The first-order chi connectivity index (χ1) is 6.42. The molecule has 0 aliphatic heterocycles. The van der Waals surface area contributed by atoms with E-state index >= 15 is 0 Å². The Hall–Kier alpha value is -0.410. The topological polar surface area (TPSA) is 24.9 Å². The summed E-state index contributed by atoms with van der Waals surface area (Å²) in [4.78, 5) is 5.55. The predicted molar refractivity (Wildman–Crippen MR) is 55.9 cm³/mol. The average molecular weight is 196 g/mol. The molecule has 1 aliphatic rings. The summed E-state index contributed by atoms with van der Waals surface area (Å²) >= 11 is 1.78. The Labute approximate surface area is 83.4 Å². The van der Waals surface area contributed by atoms with Crippen LogP contribution < -0.4 is 5.32 Å². The van der Waals surface area contributed by atoms with Gasteiger partial charge in [-0.1, -0.05) is 6.92 Å². The van der Waals surface area contributed by atoms with E-state index in [1.165, 1.54) is 24.1 Å².